The SMILES string of the molecule is COC(=O)C(CC(=O)c1cc(-c2cc(F)ccc2O)n[nH]1)Cc1ccccc1. The highest BCUT2D eigenvalue weighted by Gasteiger charge is 2.25. The number of ketones is 1. The number of carbonyl (C=O) groups is 2. The number of phenolic OH excluding ortho intramolecular Hbond substituents is 1. The molecule has 1 aromatic heterocycles. The topological polar surface area (TPSA) is 92.3 Å². The molecule has 1 atom stereocenters. The van der Waals surface area contributed by atoms with E-state index < -0.39 is 17.7 Å². The number of halogens is 1. The summed E-state index contributed by atoms with van der Waals surface area (Å²) in [6, 6.07) is 14.2. The molecule has 0 spiro atoms. The van der Waals surface area contributed by atoms with Crippen LogP contribution in [0.15, 0.2) is 54.6 Å². The first kappa shape index (κ1) is 19.3. The first-order valence-corrected chi connectivity index (χ1v) is 8.67. The zero-order valence-electron chi connectivity index (χ0n) is 15.2. The summed E-state index contributed by atoms with van der Waals surface area (Å²) in [6.07, 6.45) is 0.295. The minimum Gasteiger partial charge on any atom is -0.507 e. The number of esters is 1. The Morgan fingerprint density at radius 3 is 2.64 bits per heavy atom. The van der Waals surface area contributed by atoms with Crippen LogP contribution in [-0.4, -0.2) is 34.2 Å². The van der Waals surface area contributed by atoms with Gasteiger partial charge in [0.15, 0.2) is 5.78 Å². The third-order valence-corrected chi connectivity index (χ3v) is 4.40. The van der Waals surface area contributed by atoms with Crippen LogP contribution in [0, 0.1) is 11.7 Å². The van der Waals surface area contributed by atoms with Crippen molar-refractivity contribution >= 4 is 11.8 Å². The Morgan fingerprint density at radius 1 is 1.18 bits per heavy atom. The molecule has 2 aromatic carbocycles. The van der Waals surface area contributed by atoms with Gasteiger partial charge in [-0.3, -0.25) is 14.7 Å². The number of hydrogen-bond donors (Lipinski definition) is 2. The quantitative estimate of drug-likeness (QED) is 0.482. The van der Waals surface area contributed by atoms with Crippen LogP contribution in [0.4, 0.5) is 4.39 Å². The molecule has 2 N–H and O–H groups in total. The van der Waals surface area contributed by atoms with E-state index in [0.717, 1.165) is 17.7 Å². The molecule has 3 rings (SSSR count). The number of ether oxygens (including phenoxy) is 1. The van der Waals surface area contributed by atoms with Crippen molar-refractivity contribution in [3.63, 3.8) is 0 Å². The van der Waals surface area contributed by atoms with Gasteiger partial charge in [0.1, 0.15) is 17.3 Å². The lowest BCUT2D eigenvalue weighted by atomic mass is 9.93. The van der Waals surface area contributed by atoms with Crippen LogP contribution in [0.2, 0.25) is 0 Å². The second kappa shape index (κ2) is 8.47. The third-order valence-electron chi connectivity index (χ3n) is 4.40. The molecule has 0 aliphatic heterocycles. The van der Waals surface area contributed by atoms with E-state index in [-0.39, 0.29) is 34.9 Å². The van der Waals surface area contributed by atoms with E-state index in [4.69, 9.17) is 4.74 Å². The summed E-state index contributed by atoms with van der Waals surface area (Å²) >= 11 is 0. The fourth-order valence-corrected chi connectivity index (χ4v) is 2.95. The Bertz CT molecular complexity index is 985. The Labute approximate surface area is 161 Å². The van der Waals surface area contributed by atoms with Crippen molar-refractivity contribution in [2.75, 3.05) is 7.11 Å². The first-order chi connectivity index (χ1) is 13.5. The third kappa shape index (κ3) is 4.43. The molecule has 3 aromatic rings. The van der Waals surface area contributed by atoms with Crippen LogP contribution < -0.4 is 0 Å². The summed E-state index contributed by atoms with van der Waals surface area (Å²) < 4.78 is 18.3. The average Bonchev–Trinajstić information content (AvgIpc) is 3.19. The van der Waals surface area contributed by atoms with Crippen molar-refractivity contribution in [2.24, 2.45) is 5.92 Å². The van der Waals surface area contributed by atoms with Gasteiger partial charge in [-0.15, -0.1) is 0 Å². The van der Waals surface area contributed by atoms with Gasteiger partial charge in [0, 0.05) is 12.0 Å². The van der Waals surface area contributed by atoms with Crippen LogP contribution in [0.1, 0.15) is 22.5 Å². The van der Waals surface area contributed by atoms with Crippen LogP contribution in [0.3, 0.4) is 0 Å². The number of Topliss-reactive ketones (excluding diaryl/α,β-unsaturated/α-hetero) is 1. The number of aromatic hydroxyl groups is 1. The number of hydrogen-bond acceptors (Lipinski definition) is 5. The molecule has 0 aliphatic carbocycles. The van der Waals surface area contributed by atoms with E-state index in [1.807, 2.05) is 30.3 Å². The van der Waals surface area contributed by atoms with Gasteiger partial charge in [-0.05, 0) is 36.2 Å². The maximum absolute atomic E-state index is 13.4. The van der Waals surface area contributed by atoms with Gasteiger partial charge in [0.05, 0.1) is 18.7 Å². The van der Waals surface area contributed by atoms with Gasteiger partial charge in [-0.1, -0.05) is 30.3 Å². The Kier molecular flexibility index (Phi) is 5.84. The van der Waals surface area contributed by atoms with E-state index in [1.165, 1.54) is 19.2 Å². The zero-order valence-corrected chi connectivity index (χ0v) is 15.2. The van der Waals surface area contributed by atoms with E-state index in [9.17, 15) is 19.1 Å². The molecular formula is C21H19FN2O4. The lowest BCUT2D eigenvalue weighted by Crippen LogP contribution is -2.22. The highest BCUT2D eigenvalue weighted by Crippen LogP contribution is 2.29. The molecule has 28 heavy (non-hydrogen) atoms. The smallest absolute Gasteiger partial charge is 0.309 e. The van der Waals surface area contributed by atoms with E-state index in [1.54, 1.807) is 0 Å². The van der Waals surface area contributed by atoms with Gasteiger partial charge in [-0.25, -0.2) is 4.39 Å². The van der Waals surface area contributed by atoms with E-state index in [2.05, 4.69) is 10.2 Å². The maximum atomic E-state index is 13.4. The molecule has 144 valence electrons. The molecule has 0 amide bonds. The lowest BCUT2D eigenvalue weighted by molar-refractivity contribution is -0.145. The number of aromatic nitrogens is 2. The van der Waals surface area contributed by atoms with Gasteiger partial charge < -0.3 is 9.84 Å². The number of rotatable bonds is 7. The number of nitrogens with one attached hydrogen (secondary N) is 1. The standard InChI is InChI=1S/C21H19FN2O4/c1-28-21(27)14(9-13-5-3-2-4-6-13)10-20(26)18-12-17(23-24-18)16-11-15(22)7-8-19(16)25/h2-8,11-12,14,25H,9-10H2,1H3,(H,23,24). The summed E-state index contributed by atoms with van der Waals surface area (Å²) in [7, 11) is 1.28. The first-order valence-electron chi connectivity index (χ1n) is 8.67. The number of aromatic amines is 1. The number of H-pyrrole nitrogens is 1. The molecule has 0 bridgehead atoms. The normalized spacial score (nSPS) is 11.8. The van der Waals surface area contributed by atoms with Crippen molar-refractivity contribution < 1.29 is 23.8 Å². The predicted octanol–water partition coefficient (Wildman–Crippen LogP) is 3.53. The molecule has 0 saturated carbocycles. The van der Waals surface area contributed by atoms with E-state index >= 15 is 0 Å². The number of methoxy groups -OCH3 is 1. The molecule has 6 nitrogen and oxygen atoms in total. The molecule has 0 aliphatic rings. The second-order valence-electron chi connectivity index (χ2n) is 6.37. The maximum Gasteiger partial charge on any atom is 0.309 e. The summed E-state index contributed by atoms with van der Waals surface area (Å²) in [5.74, 6) is -2.13. The average molecular weight is 382 g/mol. The van der Waals surface area contributed by atoms with Gasteiger partial charge in [0.2, 0.25) is 0 Å². The Balaban J connectivity index is 1.78. The molecule has 0 saturated heterocycles. The van der Waals surface area contributed by atoms with Gasteiger partial charge in [0.25, 0.3) is 0 Å². The predicted molar refractivity (Wildman–Crippen MR) is 100 cm³/mol. The van der Waals surface area contributed by atoms with Crippen molar-refractivity contribution in [1.82, 2.24) is 10.2 Å². The van der Waals surface area contributed by atoms with Crippen molar-refractivity contribution in [3.05, 3.63) is 71.7 Å². The molecule has 1 heterocycles. The van der Waals surface area contributed by atoms with Crippen molar-refractivity contribution in [1.29, 1.82) is 0 Å². The fourth-order valence-electron chi connectivity index (χ4n) is 2.95. The van der Waals surface area contributed by atoms with E-state index in [0.29, 0.717) is 6.42 Å². The number of carbonyl (C=O) groups excluding carboxylic acids is 2. The fraction of sp³-hybridized carbons (Fsp3) is 0.190. The number of nitrogens with zero attached hydrogens (tertiary/aromatic N) is 1. The molecule has 7 heteroatoms. The second-order valence-corrected chi connectivity index (χ2v) is 6.37. The highest BCUT2D eigenvalue weighted by molar-refractivity contribution is 5.97. The Morgan fingerprint density at radius 2 is 1.93 bits per heavy atom. The van der Waals surface area contributed by atoms with Gasteiger partial charge >= 0.3 is 5.97 Å². The van der Waals surface area contributed by atoms with Crippen LogP contribution in [0.5, 0.6) is 5.75 Å². The minimum atomic E-state index is -0.644. The summed E-state index contributed by atoms with van der Waals surface area (Å²) in [5, 5.41) is 16.5. The van der Waals surface area contributed by atoms with Crippen LogP contribution in [-0.2, 0) is 16.0 Å². The Hall–Kier alpha value is -3.48. The number of phenols is 1. The van der Waals surface area contributed by atoms with Crippen molar-refractivity contribution in [2.45, 2.75) is 12.8 Å². The monoisotopic (exact) mass is 382 g/mol. The molecule has 1 unspecified atom stereocenters. The summed E-state index contributed by atoms with van der Waals surface area (Å²) in [6.45, 7) is 0. The van der Waals surface area contributed by atoms with Crippen molar-refractivity contribution in [3.8, 4) is 17.0 Å². The molecule has 0 radical (unpaired) electrons. The summed E-state index contributed by atoms with van der Waals surface area (Å²) in [5.41, 5.74) is 1.49. The lowest BCUT2D eigenvalue weighted by Gasteiger charge is -2.13. The van der Waals surface area contributed by atoms with Crippen LogP contribution >= 0.6 is 0 Å². The van der Waals surface area contributed by atoms with Crippen LogP contribution in [0.25, 0.3) is 11.3 Å². The zero-order chi connectivity index (χ0) is 20.1. The number of benzene rings is 2. The molecule has 0 fully saturated rings. The highest BCUT2D eigenvalue weighted by atomic mass is 19.1. The molecular weight excluding hydrogens is 363 g/mol. The summed E-state index contributed by atoms with van der Waals surface area (Å²) in [4.78, 5) is 24.8. The minimum absolute atomic E-state index is 0.0711. The largest absolute Gasteiger partial charge is 0.507 e. The van der Waals surface area contributed by atoms with Gasteiger partial charge in [-0.2, -0.15) is 5.10 Å².